The third-order valence-electron chi connectivity index (χ3n) is 1.73. The minimum Gasteiger partial charge on any atom is -0.503 e. The lowest BCUT2D eigenvalue weighted by atomic mass is 10.3. The van der Waals surface area contributed by atoms with Crippen LogP contribution < -0.4 is 4.57 Å². The van der Waals surface area contributed by atoms with Crippen molar-refractivity contribution >= 4 is 0 Å². The van der Waals surface area contributed by atoms with Gasteiger partial charge in [0.15, 0.2) is 5.75 Å². The number of pyridine rings is 1. The van der Waals surface area contributed by atoms with Gasteiger partial charge in [-0.15, -0.1) is 0 Å². The molecule has 2 N–H and O–H groups in total. The van der Waals surface area contributed by atoms with E-state index in [-0.39, 0.29) is 12.4 Å². The van der Waals surface area contributed by atoms with Gasteiger partial charge in [0, 0.05) is 12.5 Å². The molecule has 3 nitrogen and oxygen atoms in total. The lowest BCUT2D eigenvalue weighted by Gasteiger charge is -1.99. The molecule has 1 aromatic rings. The topological polar surface area (TPSA) is 44.3 Å². The number of aliphatic hydroxyl groups is 1. The van der Waals surface area contributed by atoms with E-state index in [0.29, 0.717) is 0 Å². The Morgan fingerprint density at radius 3 is 2.75 bits per heavy atom. The molecule has 0 saturated carbocycles. The van der Waals surface area contributed by atoms with Gasteiger partial charge in [0.25, 0.3) is 0 Å². The standard InChI is InChI=1S/C9H13NO2/c1-2-5-10-6-9(12)4-3-8(10)7-11/h3-4,6,11H,2,5,7H2,1H3/p+1. The number of aryl methyl sites for hydroxylation is 1. The second-order valence-corrected chi connectivity index (χ2v) is 2.73. The number of aromatic hydroxyl groups is 1. The second-order valence-electron chi connectivity index (χ2n) is 2.73. The molecule has 0 atom stereocenters. The minimum absolute atomic E-state index is 0.0142. The highest BCUT2D eigenvalue weighted by molar-refractivity contribution is 5.13. The van der Waals surface area contributed by atoms with Crippen molar-refractivity contribution in [3.05, 3.63) is 24.0 Å². The van der Waals surface area contributed by atoms with Gasteiger partial charge in [-0.3, -0.25) is 0 Å². The zero-order chi connectivity index (χ0) is 8.97. The summed E-state index contributed by atoms with van der Waals surface area (Å²) in [4.78, 5) is 0. The third kappa shape index (κ3) is 1.95. The molecule has 1 aromatic heterocycles. The van der Waals surface area contributed by atoms with E-state index in [1.54, 1.807) is 18.3 Å². The Kier molecular flexibility index (Phi) is 3.05. The molecule has 0 radical (unpaired) electrons. The van der Waals surface area contributed by atoms with Crippen molar-refractivity contribution in [2.75, 3.05) is 0 Å². The SMILES string of the molecule is CCC[n+]1cc(O)ccc1CO. The first-order valence-electron chi connectivity index (χ1n) is 4.10. The molecule has 0 aliphatic rings. The molecule has 0 amide bonds. The van der Waals surface area contributed by atoms with Crippen molar-refractivity contribution in [3.63, 3.8) is 0 Å². The molecule has 1 heterocycles. The van der Waals surface area contributed by atoms with E-state index in [1.807, 2.05) is 4.57 Å². The van der Waals surface area contributed by atoms with Crippen molar-refractivity contribution in [2.45, 2.75) is 26.5 Å². The number of hydrogen-bond acceptors (Lipinski definition) is 2. The lowest BCUT2D eigenvalue weighted by molar-refractivity contribution is -0.706. The molecular weight excluding hydrogens is 154 g/mol. The van der Waals surface area contributed by atoms with E-state index >= 15 is 0 Å². The molecule has 0 unspecified atom stereocenters. The van der Waals surface area contributed by atoms with Crippen LogP contribution in [-0.4, -0.2) is 10.2 Å². The normalized spacial score (nSPS) is 10.2. The summed E-state index contributed by atoms with van der Waals surface area (Å²) in [6.07, 6.45) is 2.62. The summed E-state index contributed by atoms with van der Waals surface area (Å²) in [5.74, 6) is 0.237. The highest BCUT2D eigenvalue weighted by atomic mass is 16.3. The van der Waals surface area contributed by atoms with Gasteiger partial charge in [-0.25, -0.2) is 0 Å². The Hall–Kier alpha value is -1.09. The van der Waals surface area contributed by atoms with Gasteiger partial charge in [-0.2, -0.15) is 4.57 Å². The Labute approximate surface area is 71.9 Å². The molecule has 1 rings (SSSR count). The molecule has 0 aliphatic heterocycles. The monoisotopic (exact) mass is 168 g/mol. The maximum atomic E-state index is 9.16. The fourth-order valence-corrected chi connectivity index (χ4v) is 1.16. The molecule has 12 heavy (non-hydrogen) atoms. The van der Waals surface area contributed by atoms with Crippen LogP contribution in [0.3, 0.4) is 0 Å². The molecule has 0 fully saturated rings. The van der Waals surface area contributed by atoms with E-state index < -0.39 is 0 Å². The fourth-order valence-electron chi connectivity index (χ4n) is 1.16. The number of nitrogens with zero attached hydrogens (tertiary/aromatic N) is 1. The number of hydrogen-bond donors (Lipinski definition) is 2. The molecule has 0 spiro atoms. The zero-order valence-electron chi connectivity index (χ0n) is 7.20. The Bertz CT molecular complexity index is 261. The molecule has 0 saturated heterocycles. The van der Waals surface area contributed by atoms with Gasteiger partial charge in [-0.05, 0) is 6.07 Å². The smallest absolute Gasteiger partial charge is 0.211 e. The minimum atomic E-state index is 0.0142. The molecule has 0 bridgehead atoms. The van der Waals surface area contributed by atoms with Gasteiger partial charge >= 0.3 is 0 Å². The van der Waals surface area contributed by atoms with Gasteiger partial charge in [-0.1, -0.05) is 6.92 Å². The first-order valence-corrected chi connectivity index (χ1v) is 4.10. The van der Waals surface area contributed by atoms with Gasteiger partial charge in [0.2, 0.25) is 11.9 Å². The van der Waals surface area contributed by atoms with Crippen LogP contribution in [0, 0.1) is 0 Å². The van der Waals surface area contributed by atoms with E-state index in [0.717, 1.165) is 18.7 Å². The third-order valence-corrected chi connectivity index (χ3v) is 1.73. The summed E-state index contributed by atoms with van der Waals surface area (Å²) in [6, 6.07) is 3.31. The highest BCUT2D eigenvalue weighted by Crippen LogP contribution is 2.04. The maximum absolute atomic E-state index is 9.16. The average Bonchev–Trinajstić information content (AvgIpc) is 2.05. The highest BCUT2D eigenvalue weighted by Gasteiger charge is 2.08. The second kappa shape index (κ2) is 4.07. The van der Waals surface area contributed by atoms with Gasteiger partial charge < -0.3 is 10.2 Å². The van der Waals surface area contributed by atoms with E-state index in [4.69, 9.17) is 10.2 Å². The summed E-state index contributed by atoms with van der Waals surface area (Å²) in [6.45, 7) is 2.89. The lowest BCUT2D eigenvalue weighted by Crippen LogP contribution is -2.37. The van der Waals surface area contributed by atoms with Crippen LogP contribution in [0.5, 0.6) is 5.75 Å². The summed E-state index contributed by atoms with van der Waals surface area (Å²) < 4.78 is 1.86. The van der Waals surface area contributed by atoms with E-state index in [2.05, 4.69) is 6.92 Å². The van der Waals surface area contributed by atoms with E-state index in [1.165, 1.54) is 0 Å². The number of rotatable bonds is 3. The predicted molar refractivity (Wildman–Crippen MR) is 44.5 cm³/mol. The van der Waals surface area contributed by atoms with Crippen molar-refractivity contribution in [2.24, 2.45) is 0 Å². The summed E-state index contributed by atoms with van der Waals surface area (Å²) in [7, 11) is 0. The van der Waals surface area contributed by atoms with Crippen LogP contribution in [0.2, 0.25) is 0 Å². The van der Waals surface area contributed by atoms with Crippen molar-refractivity contribution in [1.82, 2.24) is 0 Å². The fraction of sp³-hybridized carbons (Fsp3) is 0.444. The van der Waals surface area contributed by atoms with Crippen LogP contribution in [0.15, 0.2) is 18.3 Å². The maximum Gasteiger partial charge on any atom is 0.211 e. The van der Waals surface area contributed by atoms with Crippen molar-refractivity contribution in [1.29, 1.82) is 0 Å². The van der Waals surface area contributed by atoms with Crippen LogP contribution >= 0.6 is 0 Å². The first-order chi connectivity index (χ1) is 5.77. The Morgan fingerprint density at radius 2 is 2.17 bits per heavy atom. The summed E-state index contributed by atoms with van der Waals surface area (Å²) in [5.41, 5.74) is 0.828. The molecule has 0 aromatic carbocycles. The first kappa shape index (κ1) is 9.00. The predicted octanol–water partition coefficient (Wildman–Crippen LogP) is 0.582. The van der Waals surface area contributed by atoms with Crippen LogP contribution in [0.4, 0.5) is 0 Å². The van der Waals surface area contributed by atoms with Gasteiger partial charge in [0.05, 0.1) is 0 Å². The molecular formula is C9H14NO2+. The van der Waals surface area contributed by atoms with E-state index in [9.17, 15) is 0 Å². The van der Waals surface area contributed by atoms with Crippen molar-refractivity contribution in [3.8, 4) is 5.75 Å². The largest absolute Gasteiger partial charge is 0.503 e. The van der Waals surface area contributed by atoms with Crippen LogP contribution in [-0.2, 0) is 13.2 Å². The van der Waals surface area contributed by atoms with Crippen molar-refractivity contribution < 1.29 is 14.8 Å². The number of aliphatic hydroxyl groups excluding tert-OH is 1. The molecule has 3 heteroatoms. The summed E-state index contributed by atoms with van der Waals surface area (Å²) in [5, 5.41) is 18.1. The summed E-state index contributed by atoms with van der Waals surface area (Å²) >= 11 is 0. The quantitative estimate of drug-likeness (QED) is 0.648. The van der Waals surface area contributed by atoms with Crippen LogP contribution in [0.1, 0.15) is 19.0 Å². The zero-order valence-corrected chi connectivity index (χ0v) is 7.20. The molecule has 66 valence electrons. The Balaban J connectivity index is 2.95. The number of aromatic nitrogens is 1. The average molecular weight is 168 g/mol. The van der Waals surface area contributed by atoms with Gasteiger partial charge in [0.1, 0.15) is 13.2 Å². The van der Waals surface area contributed by atoms with Crippen LogP contribution in [0.25, 0.3) is 0 Å². The Morgan fingerprint density at radius 1 is 1.42 bits per heavy atom. The molecule has 0 aliphatic carbocycles.